The van der Waals surface area contributed by atoms with Crippen molar-refractivity contribution in [2.75, 3.05) is 39.0 Å². The van der Waals surface area contributed by atoms with E-state index in [-0.39, 0.29) is 18.3 Å². The van der Waals surface area contributed by atoms with E-state index in [1.165, 1.54) is 11.3 Å². The molecule has 1 fully saturated rings. The monoisotopic (exact) mass is 341 g/mol. The zero-order chi connectivity index (χ0) is 15.9. The third kappa shape index (κ3) is 6.46. The number of nitrogens with zero attached hydrogens (tertiary/aromatic N) is 2. The van der Waals surface area contributed by atoms with Crippen molar-refractivity contribution in [3.05, 3.63) is 24.3 Å². The number of rotatable bonds is 4. The van der Waals surface area contributed by atoms with E-state index in [4.69, 9.17) is 4.74 Å². The summed E-state index contributed by atoms with van der Waals surface area (Å²) in [4.78, 5) is 27.1. The highest BCUT2D eigenvalue weighted by Crippen LogP contribution is 2.18. The number of amides is 2. The molecule has 0 aliphatic carbocycles. The molecule has 2 rings (SSSR count). The van der Waals surface area contributed by atoms with E-state index >= 15 is 0 Å². The van der Waals surface area contributed by atoms with Gasteiger partial charge >= 0.3 is 6.09 Å². The van der Waals surface area contributed by atoms with Crippen molar-refractivity contribution in [2.24, 2.45) is 0 Å². The lowest BCUT2D eigenvalue weighted by Crippen LogP contribution is -2.36. The van der Waals surface area contributed by atoms with Gasteiger partial charge in [-0.25, -0.2) is 4.79 Å². The summed E-state index contributed by atoms with van der Waals surface area (Å²) in [6.07, 6.45) is 3.11. The summed E-state index contributed by atoms with van der Waals surface area (Å²) in [7, 11) is 3.24. The maximum atomic E-state index is 12.1. The molecule has 1 aromatic carbocycles. The number of piperidine rings is 1. The second-order valence-electron chi connectivity index (χ2n) is 5.68. The van der Waals surface area contributed by atoms with Crippen LogP contribution in [0.3, 0.4) is 0 Å². The largest absolute Gasteiger partial charge is 0.414 e. The molecule has 1 heterocycles. The minimum atomic E-state index is -0.447. The molecule has 0 unspecified atom stereocenters. The molecule has 1 saturated heterocycles. The maximum Gasteiger partial charge on any atom is 0.414 e. The highest BCUT2D eigenvalue weighted by Gasteiger charge is 2.14. The van der Waals surface area contributed by atoms with Crippen LogP contribution in [0, 0.1) is 0 Å². The summed E-state index contributed by atoms with van der Waals surface area (Å²) in [6, 6.07) is 6.85. The van der Waals surface area contributed by atoms with E-state index < -0.39 is 6.09 Å². The molecule has 0 radical (unpaired) electrons. The van der Waals surface area contributed by atoms with Gasteiger partial charge in [0, 0.05) is 25.8 Å². The van der Waals surface area contributed by atoms with Crippen molar-refractivity contribution in [1.82, 2.24) is 9.80 Å². The van der Waals surface area contributed by atoms with Crippen molar-refractivity contribution in [3.8, 4) is 5.75 Å². The van der Waals surface area contributed by atoms with Gasteiger partial charge in [0.15, 0.2) is 0 Å². The first kappa shape index (κ1) is 19.3. The lowest BCUT2D eigenvalue weighted by molar-refractivity contribution is -0.117. The van der Waals surface area contributed by atoms with Crippen LogP contribution in [0.4, 0.5) is 10.5 Å². The molecule has 0 spiro atoms. The molecule has 1 aromatic rings. The van der Waals surface area contributed by atoms with Crippen molar-refractivity contribution in [3.63, 3.8) is 0 Å². The fraction of sp³-hybridized carbons (Fsp3) is 0.500. The molecule has 1 N–H and O–H groups in total. The Morgan fingerprint density at radius 2 is 1.91 bits per heavy atom. The van der Waals surface area contributed by atoms with Gasteiger partial charge in [0.25, 0.3) is 0 Å². The predicted octanol–water partition coefficient (Wildman–Crippen LogP) is 2.59. The molecule has 2 amide bonds. The molecule has 128 valence electrons. The van der Waals surface area contributed by atoms with Crippen LogP contribution in [0.25, 0.3) is 0 Å². The lowest BCUT2D eigenvalue weighted by atomic mass is 10.1. The van der Waals surface area contributed by atoms with Crippen molar-refractivity contribution in [2.45, 2.75) is 19.3 Å². The molecule has 1 aliphatic heterocycles. The Kier molecular flexibility index (Phi) is 7.85. The number of carbonyl (C=O) groups is 2. The van der Waals surface area contributed by atoms with E-state index in [0.29, 0.717) is 18.0 Å². The number of anilines is 1. The Labute approximate surface area is 143 Å². The minimum absolute atomic E-state index is 0. The van der Waals surface area contributed by atoms with Gasteiger partial charge in [-0.15, -0.1) is 12.4 Å². The van der Waals surface area contributed by atoms with Gasteiger partial charge in [0.05, 0.1) is 6.54 Å². The smallest absolute Gasteiger partial charge is 0.410 e. The van der Waals surface area contributed by atoms with Crippen molar-refractivity contribution >= 4 is 30.1 Å². The molecule has 0 bridgehead atoms. The number of hydrogen-bond acceptors (Lipinski definition) is 4. The van der Waals surface area contributed by atoms with Gasteiger partial charge in [0.1, 0.15) is 5.75 Å². The van der Waals surface area contributed by atoms with E-state index in [0.717, 1.165) is 25.9 Å². The first-order valence-electron chi connectivity index (χ1n) is 7.56. The van der Waals surface area contributed by atoms with Crippen LogP contribution in [0.1, 0.15) is 19.3 Å². The molecule has 0 atom stereocenters. The number of ether oxygens (including phenoxy) is 1. The molecule has 1 aliphatic rings. The number of hydrogen-bond donors (Lipinski definition) is 1. The van der Waals surface area contributed by atoms with Gasteiger partial charge in [-0.3, -0.25) is 9.69 Å². The SMILES string of the molecule is CN(C)C(=O)Oc1cccc(NC(=O)CN2CCCCC2)c1.Cl. The van der Waals surface area contributed by atoms with Gasteiger partial charge in [-0.1, -0.05) is 12.5 Å². The van der Waals surface area contributed by atoms with E-state index in [1.807, 2.05) is 0 Å². The van der Waals surface area contributed by atoms with Crippen LogP contribution >= 0.6 is 12.4 Å². The summed E-state index contributed by atoms with van der Waals surface area (Å²) >= 11 is 0. The van der Waals surface area contributed by atoms with Gasteiger partial charge in [0.2, 0.25) is 5.91 Å². The van der Waals surface area contributed by atoms with Crippen LogP contribution in [0.5, 0.6) is 5.75 Å². The lowest BCUT2D eigenvalue weighted by Gasteiger charge is -2.25. The van der Waals surface area contributed by atoms with Gasteiger partial charge < -0.3 is 15.0 Å². The van der Waals surface area contributed by atoms with Crippen LogP contribution < -0.4 is 10.1 Å². The summed E-state index contributed by atoms with van der Waals surface area (Å²) < 4.78 is 5.17. The highest BCUT2D eigenvalue weighted by molar-refractivity contribution is 5.92. The third-order valence-electron chi connectivity index (χ3n) is 3.50. The Hall–Kier alpha value is -1.79. The van der Waals surface area contributed by atoms with Crippen LogP contribution in [0.15, 0.2) is 24.3 Å². The quantitative estimate of drug-likeness (QED) is 0.914. The molecule has 0 aromatic heterocycles. The first-order valence-corrected chi connectivity index (χ1v) is 7.56. The Morgan fingerprint density at radius 3 is 2.57 bits per heavy atom. The Morgan fingerprint density at radius 1 is 1.22 bits per heavy atom. The highest BCUT2D eigenvalue weighted by atomic mass is 35.5. The number of carbonyl (C=O) groups excluding carboxylic acids is 2. The topological polar surface area (TPSA) is 61.9 Å². The summed E-state index contributed by atoms with van der Waals surface area (Å²) in [5.74, 6) is 0.368. The molecule has 23 heavy (non-hydrogen) atoms. The van der Waals surface area contributed by atoms with Crippen LogP contribution in [-0.4, -0.2) is 55.5 Å². The average molecular weight is 342 g/mol. The molecule has 0 saturated carbocycles. The fourth-order valence-corrected chi connectivity index (χ4v) is 2.35. The minimum Gasteiger partial charge on any atom is -0.410 e. The summed E-state index contributed by atoms with van der Waals surface area (Å²) in [6.45, 7) is 2.36. The Balaban J connectivity index is 0.00000264. The van der Waals surface area contributed by atoms with Gasteiger partial charge in [-0.2, -0.15) is 0 Å². The maximum absolute atomic E-state index is 12.1. The van der Waals surface area contributed by atoms with Crippen LogP contribution in [-0.2, 0) is 4.79 Å². The normalized spacial score (nSPS) is 14.5. The van der Waals surface area contributed by atoms with Crippen LogP contribution in [0.2, 0.25) is 0 Å². The average Bonchev–Trinajstić information content (AvgIpc) is 2.48. The molecular formula is C16H24ClN3O3. The van der Waals surface area contributed by atoms with E-state index in [1.54, 1.807) is 38.4 Å². The summed E-state index contributed by atoms with van der Waals surface area (Å²) in [5.41, 5.74) is 0.631. The van der Waals surface area contributed by atoms with Crippen molar-refractivity contribution < 1.29 is 14.3 Å². The first-order chi connectivity index (χ1) is 10.5. The zero-order valence-corrected chi connectivity index (χ0v) is 14.4. The fourth-order valence-electron chi connectivity index (χ4n) is 2.35. The molecule has 6 nitrogen and oxygen atoms in total. The van der Waals surface area contributed by atoms with Gasteiger partial charge in [-0.05, 0) is 38.1 Å². The molecule has 7 heteroatoms. The number of nitrogens with one attached hydrogen (secondary N) is 1. The van der Waals surface area contributed by atoms with E-state index in [2.05, 4.69) is 10.2 Å². The second kappa shape index (κ2) is 9.37. The van der Waals surface area contributed by atoms with E-state index in [9.17, 15) is 9.59 Å². The predicted molar refractivity (Wildman–Crippen MR) is 92.3 cm³/mol. The number of halogens is 1. The summed E-state index contributed by atoms with van der Waals surface area (Å²) in [5, 5.41) is 2.85. The second-order valence-corrected chi connectivity index (χ2v) is 5.68. The number of benzene rings is 1. The third-order valence-corrected chi connectivity index (χ3v) is 3.50. The Bertz CT molecular complexity index is 531. The standard InChI is InChI=1S/C16H23N3O3.ClH/c1-18(2)16(21)22-14-8-6-7-13(11-14)17-15(20)12-19-9-4-3-5-10-19;/h6-8,11H,3-5,9-10,12H2,1-2H3,(H,17,20);1H. The zero-order valence-electron chi connectivity index (χ0n) is 13.6. The molecular weight excluding hydrogens is 318 g/mol. The van der Waals surface area contributed by atoms with Crippen molar-refractivity contribution in [1.29, 1.82) is 0 Å². The number of likely N-dealkylation sites (tertiary alicyclic amines) is 1.